The van der Waals surface area contributed by atoms with E-state index in [2.05, 4.69) is 10.6 Å². The van der Waals surface area contributed by atoms with E-state index in [1.807, 2.05) is 6.92 Å². The van der Waals surface area contributed by atoms with E-state index in [0.717, 1.165) is 19.3 Å². The fraction of sp³-hybridized carbons (Fsp3) is 0.818. The highest BCUT2D eigenvalue weighted by atomic mass is 16.5. The number of amides is 2. The summed E-state index contributed by atoms with van der Waals surface area (Å²) in [5.41, 5.74) is 0. The molecule has 0 aromatic rings. The Kier molecular flexibility index (Phi) is 5.25. The maximum atomic E-state index is 11.5. The fourth-order valence-corrected chi connectivity index (χ4v) is 2.08. The normalized spacial score (nSPS) is 24.1. The monoisotopic (exact) mass is 228 g/mol. The van der Waals surface area contributed by atoms with Gasteiger partial charge in [0.1, 0.15) is 6.61 Å². The smallest absolute Gasteiger partial charge is 0.246 e. The molecule has 0 heterocycles. The molecule has 92 valence electrons. The summed E-state index contributed by atoms with van der Waals surface area (Å²) in [5.74, 6) is -0.211. The Bertz CT molecular complexity index is 256. The van der Waals surface area contributed by atoms with E-state index in [1.54, 1.807) is 7.05 Å². The van der Waals surface area contributed by atoms with Gasteiger partial charge in [0.05, 0.1) is 5.92 Å². The fourth-order valence-electron chi connectivity index (χ4n) is 2.08. The van der Waals surface area contributed by atoms with Gasteiger partial charge in [-0.3, -0.25) is 9.59 Å². The lowest BCUT2D eigenvalue weighted by Crippen LogP contribution is -2.44. The van der Waals surface area contributed by atoms with Crippen LogP contribution in [0.3, 0.4) is 0 Å². The van der Waals surface area contributed by atoms with Crippen molar-refractivity contribution in [2.45, 2.75) is 32.2 Å². The van der Waals surface area contributed by atoms with Crippen LogP contribution >= 0.6 is 0 Å². The van der Waals surface area contributed by atoms with Crippen molar-refractivity contribution in [1.82, 2.24) is 10.6 Å². The van der Waals surface area contributed by atoms with Gasteiger partial charge in [-0.05, 0) is 19.8 Å². The summed E-state index contributed by atoms with van der Waals surface area (Å²) >= 11 is 0. The standard InChI is InChI=1S/C11H20N2O3/c1-3-16-7-10(14)13-9-6-4-5-8(9)11(15)12-2/h8-9H,3-7H2,1-2H3,(H,12,15)(H,13,14)/t8-,9-/m0/s1. The Morgan fingerprint density at radius 3 is 2.75 bits per heavy atom. The molecular formula is C11H20N2O3. The predicted molar refractivity (Wildman–Crippen MR) is 59.8 cm³/mol. The van der Waals surface area contributed by atoms with Gasteiger partial charge in [0, 0.05) is 19.7 Å². The summed E-state index contributed by atoms with van der Waals surface area (Å²) in [5, 5.41) is 5.49. The van der Waals surface area contributed by atoms with E-state index in [-0.39, 0.29) is 30.4 Å². The highest BCUT2D eigenvalue weighted by Gasteiger charge is 2.33. The number of nitrogens with one attached hydrogen (secondary N) is 2. The number of ether oxygens (including phenoxy) is 1. The molecule has 2 atom stereocenters. The van der Waals surface area contributed by atoms with E-state index >= 15 is 0 Å². The van der Waals surface area contributed by atoms with Crippen molar-refractivity contribution in [2.24, 2.45) is 5.92 Å². The average molecular weight is 228 g/mol. The van der Waals surface area contributed by atoms with E-state index in [9.17, 15) is 9.59 Å². The van der Waals surface area contributed by atoms with E-state index in [4.69, 9.17) is 4.74 Å². The van der Waals surface area contributed by atoms with Gasteiger partial charge < -0.3 is 15.4 Å². The lowest BCUT2D eigenvalue weighted by molar-refractivity contribution is -0.128. The van der Waals surface area contributed by atoms with Crippen molar-refractivity contribution in [1.29, 1.82) is 0 Å². The largest absolute Gasteiger partial charge is 0.372 e. The van der Waals surface area contributed by atoms with Crippen molar-refractivity contribution in [2.75, 3.05) is 20.3 Å². The van der Waals surface area contributed by atoms with Gasteiger partial charge in [0.2, 0.25) is 11.8 Å². The Balaban J connectivity index is 2.40. The first-order chi connectivity index (χ1) is 7.69. The molecule has 1 saturated carbocycles. The number of hydrogen-bond acceptors (Lipinski definition) is 3. The minimum atomic E-state index is -0.136. The number of rotatable bonds is 5. The molecule has 0 aromatic heterocycles. The molecule has 0 radical (unpaired) electrons. The quantitative estimate of drug-likeness (QED) is 0.699. The van der Waals surface area contributed by atoms with Crippen molar-refractivity contribution < 1.29 is 14.3 Å². The van der Waals surface area contributed by atoms with Crippen molar-refractivity contribution in [3.8, 4) is 0 Å². The molecule has 1 aliphatic carbocycles. The SMILES string of the molecule is CCOCC(=O)N[C@H]1CCC[C@@H]1C(=O)NC. The molecule has 0 unspecified atom stereocenters. The Labute approximate surface area is 95.9 Å². The first kappa shape index (κ1) is 13.0. The van der Waals surface area contributed by atoms with Crippen LogP contribution in [-0.4, -0.2) is 38.1 Å². The molecule has 1 fully saturated rings. The van der Waals surface area contributed by atoms with Crippen LogP contribution in [0.25, 0.3) is 0 Å². The minimum Gasteiger partial charge on any atom is -0.372 e. The molecule has 2 amide bonds. The van der Waals surface area contributed by atoms with E-state index < -0.39 is 0 Å². The Hall–Kier alpha value is -1.10. The molecule has 0 aliphatic heterocycles. The molecule has 16 heavy (non-hydrogen) atoms. The van der Waals surface area contributed by atoms with Gasteiger partial charge in [-0.25, -0.2) is 0 Å². The van der Waals surface area contributed by atoms with Crippen molar-refractivity contribution >= 4 is 11.8 Å². The third kappa shape index (κ3) is 3.48. The summed E-state index contributed by atoms with van der Waals surface area (Å²) in [7, 11) is 1.62. The average Bonchev–Trinajstić information content (AvgIpc) is 2.73. The summed E-state index contributed by atoms with van der Waals surface area (Å²) in [6.07, 6.45) is 2.70. The van der Waals surface area contributed by atoms with Gasteiger partial charge in [-0.2, -0.15) is 0 Å². The van der Waals surface area contributed by atoms with Crippen molar-refractivity contribution in [3.63, 3.8) is 0 Å². The molecule has 0 saturated heterocycles. The topological polar surface area (TPSA) is 67.4 Å². The second-order valence-corrected chi connectivity index (χ2v) is 3.96. The van der Waals surface area contributed by atoms with Crippen LogP contribution in [0.5, 0.6) is 0 Å². The van der Waals surface area contributed by atoms with Gasteiger partial charge in [0.15, 0.2) is 0 Å². The summed E-state index contributed by atoms with van der Waals surface area (Å²) in [6, 6.07) is -0.0343. The van der Waals surface area contributed by atoms with E-state index in [0.29, 0.717) is 6.61 Å². The molecular weight excluding hydrogens is 208 g/mol. The Morgan fingerprint density at radius 2 is 2.12 bits per heavy atom. The maximum absolute atomic E-state index is 11.5. The lowest BCUT2D eigenvalue weighted by Gasteiger charge is -2.19. The highest BCUT2D eigenvalue weighted by Crippen LogP contribution is 2.25. The predicted octanol–water partition coefficient (Wildman–Crippen LogP) is 0.0538. The lowest BCUT2D eigenvalue weighted by atomic mass is 10.0. The van der Waals surface area contributed by atoms with Gasteiger partial charge in [-0.15, -0.1) is 0 Å². The van der Waals surface area contributed by atoms with Gasteiger partial charge in [-0.1, -0.05) is 6.42 Å². The van der Waals surface area contributed by atoms with Crippen LogP contribution in [-0.2, 0) is 14.3 Å². The first-order valence-corrected chi connectivity index (χ1v) is 5.77. The van der Waals surface area contributed by atoms with Crippen LogP contribution in [0.4, 0.5) is 0 Å². The number of hydrogen-bond donors (Lipinski definition) is 2. The number of carbonyl (C=O) groups is 2. The van der Waals surface area contributed by atoms with Crippen LogP contribution < -0.4 is 10.6 Å². The first-order valence-electron chi connectivity index (χ1n) is 5.77. The van der Waals surface area contributed by atoms with Crippen LogP contribution in [0.1, 0.15) is 26.2 Å². The zero-order valence-corrected chi connectivity index (χ0v) is 9.91. The number of carbonyl (C=O) groups excluding carboxylic acids is 2. The van der Waals surface area contributed by atoms with Gasteiger partial charge in [0.25, 0.3) is 0 Å². The van der Waals surface area contributed by atoms with Crippen LogP contribution in [0.2, 0.25) is 0 Å². The maximum Gasteiger partial charge on any atom is 0.246 e. The molecule has 2 N–H and O–H groups in total. The zero-order chi connectivity index (χ0) is 12.0. The third-order valence-corrected chi connectivity index (χ3v) is 2.88. The second-order valence-electron chi connectivity index (χ2n) is 3.96. The molecule has 1 rings (SSSR count). The molecule has 1 aliphatic rings. The molecule has 5 heteroatoms. The highest BCUT2D eigenvalue weighted by molar-refractivity contribution is 5.82. The minimum absolute atomic E-state index is 0.0132. The molecule has 0 aromatic carbocycles. The van der Waals surface area contributed by atoms with Crippen molar-refractivity contribution in [3.05, 3.63) is 0 Å². The summed E-state index contributed by atoms with van der Waals surface area (Å²) < 4.78 is 5.02. The summed E-state index contributed by atoms with van der Waals surface area (Å²) in [4.78, 5) is 23.0. The molecule has 0 bridgehead atoms. The van der Waals surface area contributed by atoms with Crippen LogP contribution in [0.15, 0.2) is 0 Å². The third-order valence-electron chi connectivity index (χ3n) is 2.88. The zero-order valence-electron chi connectivity index (χ0n) is 9.91. The van der Waals surface area contributed by atoms with Crippen LogP contribution in [0, 0.1) is 5.92 Å². The Morgan fingerprint density at radius 1 is 1.38 bits per heavy atom. The summed E-state index contributed by atoms with van der Waals surface area (Å²) in [6.45, 7) is 2.45. The molecule has 5 nitrogen and oxygen atoms in total. The molecule has 0 spiro atoms. The second kappa shape index (κ2) is 6.48. The van der Waals surface area contributed by atoms with Gasteiger partial charge >= 0.3 is 0 Å². The van der Waals surface area contributed by atoms with E-state index in [1.165, 1.54) is 0 Å².